The molecule has 4 aromatic rings. The van der Waals surface area contributed by atoms with Gasteiger partial charge in [0, 0.05) is 31.9 Å². The largest absolute Gasteiger partial charge is 0.349 e. The number of rotatable bonds is 8. The van der Waals surface area contributed by atoms with E-state index in [9.17, 15) is 4.79 Å². The molecule has 0 spiro atoms. The fourth-order valence-electron chi connectivity index (χ4n) is 4.96. The standard InChI is InChI=1S/C30H35N5O/c1-23-29(30(36)35(33(23)2)28-11-7-4-8-12-28)32-27-15-13-24(14-16-27)21-31-26-17-19-34(20-18-26)22-25-9-5-3-6-10-25/h3-16,26,31-32H,17-22H2,1-2H3. The minimum atomic E-state index is -0.0504. The molecule has 0 atom stereocenters. The summed E-state index contributed by atoms with van der Waals surface area (Å²) >= 11 is 0. The Morgan fingerprint density at radius 3 is 2.14 bits per heavy atom. The molecule has 1 fully saturated rings. The van der Waals surface area contributed by atoms with Crippen LogP contribution in [0.1, 0.15) is 29.7 Å². The molecule has 2 heterocycles. The summed E-state index contributed by atoms with van der Waals surface area (Å²) in [6.45, 7) is 6.12. The summed E-state index contributed by atoms with van der Waals surface area (Å²) in [4.78, 5) is 15.7. The van der Waals surface area contributed by atoms with Crippen molar-refractivity contribution in [3.8, 4) is 5.69 Å². The smallest absolute Gasteiger partial charge is 0.295 e. The number of hydrogen-bond acceptors (Lipinski definition) is 4. The number of hydrogen-bond donors (Lipinski definition) is 2. The Kier molecular flexibility index (Phi) is 7.35. The lowest BCUT2D eigenvalue weighted by Crippen LogP contribution is -2.41. The van der Waals surface area contributed by atoms with Crippen LogP contribution in [0.15, 0.2) is 89.7 Å². The predicted molar refractivity (Wildman–Crippen MR) is 147 cm³/mol. The topological polar surface area (TPSA) is 54.2 Å². The maximum atomic E-state index is 13.2. The van der Waals surface area contributed by atoms with Crippen molar-refractivity contribution >= 4 is 11.4 Å². The molecular formula is C30H35N5O. The SMILES string of the molecule is Cc1c(Nc2ccc(CNC3CCN(Cc4ccccc4)CC3)cc2)c(=O)n(-c2ccccc2)n1C. The summed E-state index contributed by atoms with van der Waals surface area (Å²) in [5.41, 5.74) is 5.86. The van der Waals surface area contributed by atoms with E-state index in [1.165, 1.54) is 24.0 Å². The highest BCUT2D eigenvalue weighted by Gasteiger charge is 2.19. The van der Waals surface area contributed by atoms with Crippen LogP contribution in [-0.2, 0) is 20.1 Å². The Morgan fingerprint density at radius 1 is 0.833 bits per heavy atom. The summed E-state index contributed by atoms with van der Waals surface area (Å²) in [6, 6.07) is 29.4. The summed E-state index contributed by atoms with van der Waals surface area (Å²) < 4.78 is 3.59. The van der Waals surface area contributed by atoms with Crippen molar-refractivity contribution in [2.45, 2.75) is 38.9 Å². The molecule has 0 amide bonds. The highest BCUT2D eigenvalue weighted by atomic mass is 16.1. The number of para-hydroxylation sites is 1. The van der Waals surface area contributed by atoms with Gasteiger partial charge in [-0.3, -0.25) is 14.4 Å². The molecule has 0 unspecified atom stereocenters. The predicted octanol–water partition coefficient (Wildman–Crippen LogP) is 4.98. The Hall–Kier alpha value is -3.61. The molecule has 186 valence electrons. The van der Waals surface area contributed by atoms with Crippen LogP contribution in [-0.4, -0.2) is 33.4 Å². The van der Waals surface area contributed by atoms with E-state index in [1.807, 2.05) is 49.0 Å². The van der Waals surface area contributed by atoms with E-state index in [-0.39, 0.29) is 5.56 Å². The Bertz CT molecular complexity index is 1320. The van der Waals surface area contributed by atoms with Gasteiger partial charge in [-0.15, -0.1) is 0 Å². The molecule has 1 aliphatic heterocycles. The minimum absolute atomic E-state index is 0.0504. The van der Waals surface area contributed by atoms with Crippen LogP contribution in [0.3, 0.4) is 0 Å². The fourth-order valence-corrected chi connectivity index (χ4v) is 4.96. The van der Waals surface area contributed by atoms with Gasteiger partial charge in [-0.05, 0) is 68.2 Å². The van der Waals surface area contributed by atoms with Crippen molar-refractivity contribution in [3.63, 3.8) is 0 Å². The van der Waals surface area contributed by atoms with Gasteiger partial charge in [0.2, 0.25) is 0 Å². The second-order valence-electron chi connectivity index (χ2n) is 9.68. The zero-order valence-electron chi connectivity index (χ0n) is 21.2. The lowest BCUT2D eigenvalue weighted by Gasteiger charge is -2.32. The van der Waals surface area contributed by atoms with Gasteiger partial charge in [0.15, 0.2) is 0 Å². The van der Waals surface area contributed by atoms with Crippen molar-refractivity contribution < 1.29 is 0 Å². The molecule has 1 aromatic heterocycles. The van der Waals surface area contributed by atoms with Crippen molar-refractivity contribution in [1.82, 2.24) is 19.6 Å². The van der Waals surface area contributed by atoms with Gasteiger partial charge >= 0.3 is 0 Å². The Labute approximate surface area is 213 Å². The number of aromatic nitrogens is 2. The lowest BCUT2D eigenvalue weighted by molar-refractivity contribution is 0.190. The summed E-state index contributed by atoms with van der Waals surface area (Å²) in [6.07, 6.45) is 2.35. The van der Waals surface area contributed by atoms with Crippen LogP contribution in [0.25, 0.3) is 5.69 Å². The molecule has 0 aliphatic carbocycles. The number of benzene rings is 3. The number of anilines is 2. The third-order valence-electron chi connectivity index (χ3n) is 7.21. The van der Waals surface area contributed by atoms with E-state index < -0.39 is 0 Å². The van der Waals surface area contributed by atoms with Crippen LogP contribution < -0.4 is 16.2 Å². The molecular weight excluding hydrogens is 446 g/mol. The zero-order valence-corrected chi connectivity index (χ0v) is 21.2. The Balaban J connectivity index is 1.15. The first kappa shape index (κ1) is 24.1. The molecule has 2 N–H and O–H groups in total. The van der Waals surface area contributed by atoms with E-state index in [0.29, 0.717) is 11.7 Å². The zero-order chi connectivity index (χ0) is 24.9. The van der Waals surface area contributed by atoms with Gasteiger partial charge < -0.3 is 10.6 Å². The van der Waals surface area contributed by atoms with Gasteiger partial charge in [0.05, 0.1) is 11.4 Å². The minimum Gasteiger partial charge on any atom is -0.349 e. The summed E-state index contributed by atoms with van der Waals surface area (Å²) in [7, 11) is 1.91. The van der Waals surface area contributed by atoms with Crippen LogP contribution >= 0.6 is 0 Å². The van der Waals surface area contributed by atoms with Crippen LogP contribution in [0.5, 0.6) is 0 Å². The number of piperidine rings is 1. The number of nitrogens with one attached hydrogen (secondary N) is 2. The molecule has 0 bridgehead atoms. The maximum Gasteiger partial charge on any atom is 0.295 e. The quantitative estimate of drug-likeness (QED) is 0.373. The third-order valence-corrected chi connectivity index (χ3v) is 7.21. The molecule has 36 heavy (non-hydrogen) atoms. The molecule has 1 saturated heterocycles. The molecule has 1 aliphatic rings. The van der Waals surface area contributed by atoms with E-state index in [0.717, 1.165) is 43.2 Å². The summed E-state index contributed by atoms with van der Waals surface area (Å²) in [5.74, 6) is 0. The average molecular weight is 482 g/mol. The van der Waals surface area contributed by atoms with Gasteiger partial charge in [-0.2, -0.15) is 0 Å². The van der Waals surface area contributed by atoms with Crippen molar-refractivity contribution in [2.24, 2.45) is 7.05 Å². The van der Waals surface area contributed by atoms with Gasteiger partial charge in [0.1, 0.15) is 5.69 Å². The fraction of sp³-hybridized carbons (Fsp3) is 0.300. The van der Waals surface area contributed by atoms with Crippen LogP contribution in [0.4, 0.5) is 11.4 Å². The first-order valence-electron chi connectivity index (χ1n) is 12.8. The monoisotopic (exact) mass is 481 g/mol. The van der Waals surface area contributed by atoms with E-state index in [1.54, 1.807) is 4.68 Å². The highest BCUT2D eigenvalue weighted by Crippen LogP contribution is 2.20. The molecule has 6 nitrogen and oxygen atoms in total. The van der Waals surface area contributed by atoms with E-state index in [2.05, 4.69) is 70.1 Å². The second-order valence-corrected chi connectivity index (χ2v) is 9.68. The van der Waals surface area contributed by atoms with E-state index >= 15 is 0 Å². The maximum absolute atomic E-state index is 13.2. The molecule has 6 heteroatoms. The first-order valence-corrected chi connectivity index (χ1v) is 12.8. The van der Waals surface area contributed by atoms with Crippen molar-refractivity contribution in [3.05, 3.63) is 112 Å². The second kappa shape index (κ2) is 11.0. The van der Waals surface area contributed by atoms with E-state index in [4.69, 9.17) is 0 Å². The first-order chi connectivity index (χ1) is 17.6. The molecule has 3 aromatic carbocycles. The number of likely N-dealkylation sites (tertiary alicyclic amines) is 1. The van der Waals surface area contributed by atoms with Gasteiger partial charge in [-0.25, -0.2) is 4.68 Å². The van der Waals surface area contributed by atoms with Crippen LogP contribution in [0, 0.1) is 6.92 Å². The summed E-state index contributed by atoms with van der Waals surface area (Å²) in [5, 5.41) is 7.08. The lowest BCUT2D eigenvalue weighted by atomic mass is 10.0. The average Bonchev–Trinajstić information content (AvgIpc) is 3.13. The van der Waals surface area contributed by atoms with Gasteiger partial charge in [-0.1, -0.05) is 60.7 Å². The normalized spacial score (nSPS) is 14.7. The van der Waals surface area contributed by atoms with Gasteiger partial charge in [0.25, 0.3) is 5.56 Å². The third kappa shape index (κ3) is 5.45. The Morgan fingerprint density at radius 2 is 1.47 bits per heavy atom. The molecule has 0 saturated carbocycles. The highest BCUT2D eigenvalue weighted by molar-refractivity contribution is 5.62. The number of nitrogens with zero attached hydrogens (tertiary/aromatic N) is 3. The van der Waals surface area contributed by atoms with Crippen molar-refractivity contribution in [2.75, 3.05) is 18.4 Å². The van der Waals surface area contributed by atoms with Crippen LogP contribution in [0.2, 0.25) is 0 Å². The molecule has 5 rings (SSSR count). The molecule has 0 radical (unpaired) electrons. The van der Waals surface area contributed by atoms with Crippen molar-refractivity contribution in [1.29, 1.82) is 0 Å².